The molecule has 2 aromatic heterocycles. The molecule has 1 aliphatic rings. The summed E-state index contributed by atoms with van der Waals surface area (Å²) in [6.07, 6.45) is 4.00. The SMILES string of the molecule is CNC1CCCN(C(=O)Cc2nc(-c3ccco3)oc2C)C1. The number of carbonyl (C=O) groups excluding carboxylic acids is 1. The molecule has 1 fully saturated rings. The third kappa shape index (κ3) is 3.06. The highest BCUT2D eigenvalue weighted by Crippen LogP contribution is 2.23. The van der Waals surface area contributed by atoms with Crippen LogP contribution in [0.4, 0.5) is 0 Å². The average Bonchev–Trinajstić information content (AvgIpc) is 3.18. The number of amides is 1. The van der Waals surface area contributed by atoms with E-state index in [-0.39, 0.29) is 12.3 Å². The molecule has 1 aliphatic heterocycles. The minimum absolute atomic E-state index is 0.0994. The number of aromatic nitrogens is 1. The van der Waals surface area contributed by atoms with Gasteiger partial charge in [-0.3, -0.25) is 4.79 Å². The smallest absolute Gasteiger partial charge is 0.263 e. The molecule has 0 spiro atoms. The maximum Gasteiger partial charge on any atom is 0.263 e. The Labute approximate surface area is 129 Å². The lowest BCUT2D eigenvalue weighted by Gasteiger charge is -2.32. The van der Waals surface area contributed by atoms with Crippen molar-refractivity contribution < 1.29 is 13.6 Å². The van der Waals surface area contributed by atoms with Crippen molar-refractivity contribution in [3.05, 3.63) is 29.9 Å². The van der Waals surface area contributed by atoms with Crippen LogP contribution in [-0.2, 0) is 11.2 Å². The normalized spacial score (nSPS) is 18.6. The van der Waals surface area contributed by atoms with Crippen molar-refractivity contribution in [2.75, 3.05) is 20.1 Å². The van der Waals surface area contributed by atoms with Crippen LogP contribution < -0.4 is 5.32 Å². The maximum atomic E-state index is 12.5. The van der Waals surface area contributed by atoms with E-state index in [1.54, 1.807) is 18.4 Å². The number of piperidine rings is 1. The Hall–Kier alpha value is -2.08. The number of rotatable bonds is 4. The standard InChI is InChI=1S/C16H21N3O3/c1-11-13(18-16(22-11)14-6-4-8-21-14)9-15(20)19-7-3-5-12(10-19)17-2/h4,6,8,12,17H,3,5,7,9-10H2,1-2H3. The first kappa shape index (κ1) is 14.8. The number of likely N-dealkylation sites (N-methyl/N-ethyl adjacent to an activating group) is 1. The first-order valence-corrected chi connectivity index (χ1v) is 7.62. The Kier molecular flexibility index (Phi) is 4.29. The molecule has 3 heterocycles. The first-order chi connectivity index (χ1) is 10.7. The number of furan rings is 1. The van der Waals surface area contributed by atoms with E-state index in [0.717, 1.165) is 25.9 Å². The zero-order valence-corrected chi connectivity index (χ0v) is 13.0. The number of nitrogens with zero attached hydrogens (tertiary/aromatic N) is 2. The van der Waals surface area contributed by atoms with Crippen molar-refractivity contribution in [1.82, 2.24) is 15.2 Å². The summed E-state index contributed by atoms with van der Waals surface area (Å²) in [6, 6.07) is 3.96. The van der Waals surface area contributed by atoms with Gasteiger partial charge in [0.2, 0.25) is 5.91 Å². The van der Waals surface area contributed by atoms with Gasteiger partial charge in [0.05, 0.1) is 18.4 Å². The highest BCUT2D eigenvalue weighted by Gasteiger charge is 2.24. The van der Waals surface area contributed by atoms with Crippen molar-refractivity contribution in [2.24, 2.45) is 0 Å². The maximum absolute atomic E-state index is 12.5. The fourth-order valence-electron chi connectivity index (χ4n) is 2.79. The predicted molar refractivity (Wildman–Crippen MR) is 81.3 cm³/mol. The van der Waals surface area contributed by atoms with Crippen LogP contribution in [0.1, 0.15) is 24.3 Å². The molecule has 1 atom stereocenters. The average molecular weight is 303 g/mol. The van der Waals surface area contributed by atoms with Gasteiger partial charge < -0.3 is 19.1 Å². The number of hydrogen-bond acceptors (Lipinski definition) is 5. The number of nitrogens with one attached hydrogen (secondary N) is 1. The Morgan fingerprint density at radius 1 is 1.55 bits per heavy atom. The third-order valence-corrected chi connectivity index (χ3v) is 4.13. The quantitative estimate of drug-likeness (QED) is 0.935. The van der Waals surface area contributed by atoms with E-state index in [1.165, 1.54) is 0 Å². The van der Waals surface area contributed by atoms with E-state index in [0.29, 0.717) is 29.1 Å². The van der Waals surface area contributed by atoms with E-state index in [1.807, 2.05) is 18.9 Å². The van der Waals surface area contributed by atoms with E-state index in [9.17, 15) is 4.79 Å². The fraction of sp³-hybridized carbons (Fsp3) is 0.500. The van der Waals surface area contributed by atoms with Gasteiger partial charge in [-0.25, -0.2) is 4.98 Å². The number of oxazole rings is 1. The molecule has 2 aromatic rings. The summed E-state index contributed by atoms with van der Waals surface area (Å²) >= 11 is 0. The molecule has 118 valence electrons. The Balaban J connectivity index is 1.69. The topological polar surface area (TPSA) is 71.5 Å². The van der Waals surface area contributed by atoms with Crippen molar-refractivity contribution in [1.29, 1.82) is 0 Å². The van der Waals surface area contributed by atoms with Gasteiger partial charge in [-0.1, -0.05) is 0 Å². The number of hydrogen-bond donors (Lipinski definition) is 1. The second kappa shape index (κ2) is 6.36. The zero-order chi connectivity index (χ0) is 15.5. The molecular formula is C16H21N3O3. The molecule has 0 bridgehead atoms. The molecule has 6 heteroatoms. The summed E-state index contributed by atoms with van der Waals surface area (Å²) in [7, 11) is 1.94. The van der Waals surface area contributed by atoms with Crippen molar-refractivity contribution in [3.63, 3.8) is 0 Å². The van der Waals surface area contributed by atoms with Gasteiger partial charge in [0, 0.05) is 19.1 Å². The van der Waals surface area contributed by atoms with Crippen LogP contribution in [0.2, 0.25) is 0 Å². The van der Waals surface area contributed by atoms with E-state index in [4.69, 9.17) is 8.83 Å². The molecule has 1 N–H and O–H groups in total. The van der Waals surface area contributed by atoms with Gasteiger partial charge in [-0.15, -0.1) is 0 Å². The minimum atomic E-state index is 0.0994. The van der Waals surface area contributed by atoms with Crippen LogP contribution >= 0.6 is 0 Å². The van der Waals surface area contributed by atoms with E-state index < -0.39 is 0 Å². The van der Waals surface area contributed by atoms with Crippen LogP contribution in [0.5, 0.6) is 0 Å². The predicted octanol–water partition coefficient (Wildman–Crippen LogP) is 2.00. The molecule has 1 saturated heterocycles. The molecule has 1 unspecified atom stereocenters. The van der Waals surface area contributed by atoms with Crippen LogP contribution in [0, 0.1) is 6.92 Å². The molecule has 0 saturated carbocycles. The van der Waals surface area contributed by atoms with Gasteiger partial charge in [-0.05, 0) is 38.9 Å². The van der Waals surface area contributed by atoms with Crippen LogP contribution in [0.15, 0.2) is 27.2 Å². The van der Waals surface area contributed by atoms with Crippen molar-refractivity contribution >= 4 is 5.91 Å². The van der Waals surface area contributed by atoms with Gasteiger partial charge >= 0.3 is 0 Å². The van der Waals surface area contributed by atoms with E-state index >= 15 is 0 Å². The molecule has 0 radical (unpaired) electrons. The lowest BCUT2D eigenvalue weighted by molar-refractivity contribution is -0.131. The number of likely N-dealkylation sites (tertiary alicyclic amines) is 1. The van der Waals surface area contributed by atoms with Crippen LogP contribution in [0.3, 0.4) is 0 Å². The van der Waals surface area contributed by atoms with Gasteiger partial charge in [0.25, 0.3) is 5.89 Å². The molecule has 0 aromatic carbocycles. The number of carbonyl (C=O) groups is 1. The number of aryl methyl sites for hydroxylation is 1. The van der Waals surface area contributed by atoms with Crippen molar-refractivity contribution in [2.45, 2.75) is 32.2 Å². The van der Waals surface area contributed by atoms with Crippen LogP contribution in [0.25, 0.3) is 11.7 Å². The molecule has 3 rings (SSSR count). The molecular weight excluding hydrogens is 282 g/mol. The van der Waals surface area contributed by atoms with Gasteiger partial charge in [0.15, 0.2) is 5.76 Å². The third-order valence-electron chi connectivity index (χ3n) is 4.13. The van der Waals surface area contributed by atoms with Crippen molar-refractivity contribution in [3.8, 4) is 11.7 Å². The fourth-order valence-corrected chi connectivity index (χ4v) is 2.79. The second-order valence-corrected chi connectivity index (χ2v) is 5.64. The lowest BCUT2D eigenvalue weighted by atomic mass is 10.1. The summed E-state index contributed by atoms with van der Waals surface area (Å²) < 4.78 is 10.9. The molecule has 22 heavy (non-hydrogen) atoms. The highest BCUT2D eigenvalue weighted by atomic mass is 16.4. The summed E-state index contributed by atoms with van der Waals surface area (Å²) in [5.74, 6) is 1.77. The molecule has 1 amide bonds. The Morgan fingerprint density at radius 2 is 2.41 bits per heavy atom. The highest BCUT2D eigenvalue weighted by molar-refractivity contribution is 5.78. The summed E-state index contributed by atoms with van der Waals surface area (Å²) in [5.41, 5.74) is 0.683. The summed E-state index contributed by atoms with van der Waals surface area (Å²) in [4.78, 5) is 18.8. The second-order valence-electron chi connectivity index (χ2n) is 5.64. The zero-order valence-electron chi connectivity index (χ0n) is 13.0. The van der Waals surface area contributed by atoms with Crippen LogP contribution in [-0.4, -0.2) is 42.0 Å². The molecule has 6 nitrogen and oxygen atoms in total. The van der Waals surface area contributed by atoms with E-state index in [2.05, 4.69) is 10.3 Å². The van der Waals surface area contributed by atoms with Gasteiger partial charge in [-0.2, -0.15) is 0 Å². The molecule has 0 aliphatic carbocycles. The largest absolute Gasteiger partial charge is 0.459 e. The lowest BCUT2D eigenvalue weighted by Crippen LogP contribution is -2.47. The first-order valence-electron chi connectivity index (χ1n) is 7.62. The Morgan fingerprint density at radius 3 is 3.14 bits per heavy atom. The van der Waals surface area contributed by atoms with Gasteiger partial charge in [0.1, 0.15) is 5.76 Å². The summed E-state index contributed by atoms with van der Waals surface area (Å²) in [6.45, 7) is 3.41. The minimum Gasteiger partial charge on any atom is -0.459 e. The monoisotopic (exact) mass is 303 g/mol. The Bertz CT molecular complexity index is 633. The summed E-state index contributed by atoms with van der Waals surface area (Å²) in [5, 5.41) is 3.25.